The molecule has 0 saturated carbocycles. The maximum Gasteiger partial charge on any atom is 0.216 e. The molecule has 8 nitrogen and oxygen atoms in total. The van der Waals surface area contributed by atoms with Crippen molar-refractivity contribution >= 4 is 0 Å². The van der Waals surface area contributed by atoms with E-state index in [4.69, 9.17) is 15.3 Å². The number of ether oxygens (including phenoxy) is 2. The van der Waals surface area contributed by atoms with Crippen LogP contribution in [0, 0.1) is 0 Å². The summed E-state index contributed by atoms with van der Waals surface area (Å²) in [4.78, 5) is 8.26. The minimum atomic E-state index is -0.387. The summed E-state index contributed by atoms with van der Waals surface area (Å²) in [5, 5.41) is 4.34. The SMILES string of the molecule is COc1cc(C(NN)c2c(OC)cnn2C(C)C)ncn1. The van der Waals surface area contributed by atoms with Gasteiger partial charge in [0.1, 0.15) is 18.1 Å². The normalized spacial score (nSPS) is 12.5. The van der Waals surface area contributed by atoms with E-state index >= 15 is 0 Å². The molecule has 114 valence electrons. The lowest BCUT2D eigenvalue weighted by Crippen LogP contribution is -2.32. The van der Waals surface area contributed by atoms with Crippen LogP contribution in [0.2, 0.25) is 0 Å². The maximum atomic E-state index is 5.73. The van der Waals surface area contributed by atoms with Crippen LogP contribution in [0.25, 0.3) is 0 Å². The highest BCUT2D eigenvalue weighted by molar-refractivity contribution is 5.35. The summed E-state index contributed by atoms with van der Waals surface area (Å²) in [6, 6.07) is 1.49. The lowest BCUT2D eigenvalue weighted by molar-refractivity contribution is 0.387. The fraction of sp³-hybridized carbons (Fsp3) is 0.462. The number of nitrogens with zero attached hydrogens (tertiary/aromatic N) is 4. The van der Waals surface area contributed by atoms with Crippen LogP contribution in [0.3, 0.4) is 0 Å². The molecule has 21 heavy (non-hydrogen) atoms. The van der Waals surface area contributed by atoms with Crippen molar-refractivity contribution in [1.82, 2.24) is 25.2 Å². The molecule has 3 N–H and O–H groups in total. The first-order chi connectivity index (χ1) is 10.1. The molecule has 0 aliphatic carbocycles. The number of methoxy groups -OCH3 is 2. The number of hydrazine groups is 1. The first-order valence-corrected chi connectivity index (χ1v) is 6.55. The third-order valence-electron chi connectivity index (χ3n) is 3.12. The Morgan fingerprint density at radius 1 is 1.24 bits per heavy atom. The topological polar surface area (TPSA) is 100 Å². The van der Waals surface area contributed by atoms with Gasteiger partial charge in [0.15, 0.2) is 5.75 Å². The van der Waals surface area contributed by atoms with Gasteiger partial charge in [0.05, 0.1) is 26.1 Å². The summed E-state index contributed by atoms with van der Waals surface area (Å²) in [5.74, 6) is 6.84. The van der Waals surface area contributed by atoms with Gasteiger partial charge in [-0.2, -0.15) is 5.10 Å². The largest absolute Gasteiger partial charge is 0.493 e. The van der Waals surface area contributed by atoms with Crippen LogP contribution in [0.15, 0.2) is 18.6 Å². The van der Waals surface area contributed by atoms with E-state index in [0.717, 1.165) is 5.69 Å². The summed E-state index contributed by atoms with van der Waals surface area (Å²) in [7, 11) is 3.15. The number of rotatable bonds is 6. The first kappa shape index (κ1) is 15.2. The lowest BCUT2D eigenvalue weighted by atomic mass is 10.1. The van der Waals surface area contributed by atoms with Crippen LogP contribution in [-0.2, 0) is 0 Å². The lowest BCUT2D eigenvalue weighted by Gasteiger charge is -2.20. The minimum absolute atomic E-state index is 0.156. The predicted molar refractivity (Wildman–Crippen MR) is 76.9 cm³/mol. The Hall–Kier alpha value is -2.19. The Kier molecular flexibility index (Phi) is 4.71. The van der Waals surface area contributed by atoms with Crippen LogP contribution < -0.4 is 20.7 Å². The number of hydrogen-bond acceptors (Lipinski definition) is 7. The third kappa shape index (κ3) is 2.96. The molecule has 1 unspecified atom stereocenters. The van der Waals surface area contributed by atoms with E-state index in [0.29, 0.717) is 17.3 Å². The van der Waals surface area contributed by atoms with Crippen molar-refractivity contribution in [3.63, 3.8) is 0 Å². The van der Waals surface area contributed by atoms with Gasteiger partial charge in [0.2, 0.25) is 5.88 Å². The van der Waals surface area contributed by atoms with E-state index in [9.17, 15) is 0 Å². The average molecular weight is 292 g/mol. The van der Waals surface area contributed by atoms with E-state index in [2.05, 4.69) is 20.5 Å². The molecule has 0 aliphatic heterocycles. The van der Waals surface area contributed by atoms with E-state index in [-0.39, 0.29) is 12.1 Å². The molecule has 2 rings (SSSR count). The summed E-state index contributed by atoms with van der Waals surface area (Å²) in [5.41, 5.74) is 4.23. The molecule has 2 heterocycles. The zero-order chi connectivity index (χ0) is 15.4. The monoisotopic (exact) mass is 292 g/mol. The van der Waals surface area contributed by atoms with Crippen LogP contribution in [0.4, 0.5) is 0 Å². The Morgan fingerprint density at radius 3 is 2.57 bits per heavy atom. The summed E-state index contributed by atoms with van der Waals surface area (Å²) < 4.78 is 12.4. The van der Waals surface area contributed by atoms with Crippen LogP contribution in [0.1, 0.15) is 37.3 Å². The van der Waals surface area contributed by atoms with E-state index < -0.39 is 0 Å². The zero-order valence-electron chi connectivity index (χ0n) is 12.6. The highest BCUT2D eigenvalue weighted by Crippen LogP contribution is 2.31. The van der Waals surface area contributed by atoms with Gasteiger partial charge < -0.3 is 9.47 Å². The number of aromatic nitrogens is 4. The fourth-order valence-electron chi connectivity index (χ4n) is 2.13. The van der Waals surface area contributed by atoms with Gasteiger partial charge in [0, 0.05) is 12.1 Å². The van der Waals surface area contributed by atoms with Crippen molar-refractivity contribution in [2.45, 2.75) is 25.9 Å². The number of hydrogen-bond donors (Lipinski definition) is 2. The Labute approximate surface area is 123 Å². The average Bonchev–Trinajstić information content (AvgIpc) is 2.92. The van der Waals surface area contributed by atoms with Crippen LogP contribution in [0.5, 0.6) is 11.6 Å². The second-order valence-electron chi connectivity index (χ2n) is 4.72. The molecule has 2 aromatic heterocycles. The van der Waals surface area contributed by atoms with Crippen LogP contribution in [-0.4, -0.2) is 34.0 Å². The van der Waals surface area contributed by atoms with Crippen molar-refractivity contribution < 1.29 is 9.47 Å². The molecular formula is C13H20N6O2. The predicted octanol–water partition coefficient (Wildman–Crippen LogP) is 0.824. The fourth-order valence-corrected chi connectivity index (χ4v) is 2.13. The van der Waals surface area contributed by atoms with Gasteiger partial charge in [-0.05, 0) is 13.8 Å². The second kappa shape index (κ2) is 6.51. The Morgan fingerprint density at radius 2 is 2.00 bits per heavy atom. The Balaban J connectivity index is 2.52. The zero-order valence-corrected chi connectivity index (χ0v) is 12.6. The standard InChI is InChI=1S/C13H20N6O2/c1-8(2)19-13(10(20-3)6-17-19)12(18-14)9-5-11(21-4)16-7-15-9/h5-8,12,18H,14H2,1-4H3. The van der Waals surface area contributed by atoms with E-state index in [1.165, 1.54) is 6.33 Å². The molecule has 1 atom stereocenters. The molecule has 0 aromatic carbocycles. The van der Waals surface area contributed by atoms with Crippen LogP contribution >= 0.6 is 0 Å². The minimum Gasteiger partial charge on any atom is -0.493 e. The molecular weight excluding hydrogens is 272 g/mol. The van der Waals surface area contributed by atoms with Crippen molar-refractivity contribution in [2.24, 2.45) is 5.84 Å². The molecule has 0 saturated heterocycles. The molecule has 0 bridgehead atoms. The van der Waals surface area contributed by atoms with Gasteiger partial charge in [-0.15, -0.1) is 0 Å². The highest BCUT2D eigenvalue weighted by Gasteiger charge is 2.25. The van der Waals surface area contributed by atoms with Crippen molar-refractivity contribution in [1.29, 1.82) is 0 Å². The second-order valence-corrected chi connectivity index (χ2v) is 4.72. The van der Waals surface area contributed by atoms with E-state index in [1.54, 1.807) is 26.5 Å². The molecule has 0 spiro atoms. The smallest absolute Gasteiger partial charge is 0.216 e. The summed E-state index contributed by atoms with van der Waals surface area (Å²) in [6.45, 7) is 4.06. The van der Waals surface area contributed by atoms with Gasteiger partial charge in [-0.3, -0.25) is 10.5 Å². The molecule has 0 aliphatic rings. The van der Waals surface area contributed by atoms with E-state index in [1.807, 2.05) is 18.5 Å². The summed E-state index contributed by atoms with van der Waals surface area (Å²) in [6.07, 6.45) is 3.10. The molecule has 0 amide bonds. The number of nitrogens with two attached hydrogens (primary N) is 1. The van der Waals surface area contributed by atoms with Gasteiger partial charge >= 0.3 is 0 Å². The van der Waals surface area contributed by atoms with Crippen molar-refractivity contribution in [3.05, 3.63) is 30.0 Å². The Bertz CT molecular complexity index is 598. The quantitative estimate of drug-likeness (QED) is 0.600. The molecule has 0 radical (unpaired) electrons. The van der Waals surface area contributed by atoms with Crippen molar-refractivity contribution in [3.8, 4) is 11.6 Å². The van der Waals surface area contributed by atoms with Gasteiger partial charge in [0.25, 0.3) is 0 Å². The van der Waals surface area contributed by atoms with Crippen molar-refractivity contribution in [2.75, 3.05) is 14.2 Å². The van der Waals surface area contributed by atoms with Gasteiger partial charge in [-0.1, -0.05) is 0 Å². The molecule has 2 aromatic rings. The molecule has 0 fully saturated rings. The maximum absolute atomic E-state index is 5.73. The van der Waals surface area contributed by atoms with Gasteiger partial charge in [-0.25, -0.2) is 15.4 Å². The molecule has 8 heteroatoms. The first-order valence-electron chi connectivity index (χ1n) is 6.55. The summed E-state index contributed by atoms with van der Waals surface area (Å²) >= 11 is 0. The highest BCUT2D eigenvalue weighted by atomic mass is 16.5. The number of nitrogens with one attached hydrogen (secondary N) is 1. The third-order valence-corrected chi connectivity index (χ3v) is 3.12.